The Morgan fingerprint density at radius 3 is 1.45 bits per heavy atom. The zero-order chi connectivity index (χ0) is 41.4. The number of hydrogen-bond donors (Lipinski definition) is 1. The molecule has 0 aliphatic rings. The van der Waals surface area contributed by atoms with Gasteiger partial charge in [-0.05, 0) is 51.4 Å². The molecule has 0 aromatic heterocycles. The van der Waals surface area contributed by atoms with Crippen molar-refractivity contribution in [3.8, 4) is 0 Å². The van der Waals surface area contributed by atoms with Crippen molar-refractivity contribution in [1.82, 2.24) is 0 Å². The number of aliphatic carboxylic acids is 1. The van der Waals surface area contributed by atoms with Gasteiger partial charge >= 0.3 is 17.9 Å². The molecule has 2 unspecified atom stereocenters. The zero-order valence-corrected chi connectivity index (χ0v) is 36.3. The van der Waals surface area contributed by atoms with Gasteiger partial charge in [-0.1, -0.05) is 164 Å². The molecule has 56 heavy (non-hydrogen) atoms. The van der Waals surface area contributed by atoms with Gasteiger partial charge in [0.05, 0.1) is 34.4 Å². The van der Waals surface area contributed by atoms with Gasteiger partial charge in [0.25, 0.3) is 0 Å². The summed E-state index contributed by atoms with van der Waals surface area (Å²) in [5.41, 5.74) is 0. The number of carboxylic acids is 1. The summed E-state index contributed by atoms with van der Waals surface area (Å²) in [5.74, 6) is -1.58. The number of rotatable bonds is 38. The SMILES string of the molecule is CC/C=C\C/C=C\C/C=C\C/C=C\C/C=C\C/C=C\CCC(=O)OC(COCCC(C(=O)O)[N+](C)(C)C)COC(=O)CCCCCCCCCCCCCCC. The van der Waals surface area contributed by atoms with Crippen molar-refractivity contribution < 1.29 is 38.2 Å². The number of nitrogens with zero attached hydrogens (tertiary/aromatic N) is 1. The average Bonchev–Trinajstić information content (AvgIpc) is 3.15. The lowest BCUT2D eigenvalue weighted by atomic mass is 10.0. The lowest BCUT2D eigenvalue weighted by Gasteiger charge is -2.31. The van der Waals surface area contributed by atoms with E-state index in [1.54, 1.807) is 0 Å². The van der Waals surface area contributed by atoms with E-state index in [-0.39, 0.29) is 42.7 Å². The number of carbonyl (C=O) groups excluding carboxylic acids is 2. The van der Waals surface area contributed by atoms with Gasteiger partial charge in [-0.2, -0.15) is 0 Å². The molecule has 8 nitrogen and oxygen atoms in total. The fourth-order valence-electron chi connectivity index (χ4n) is 6.00. The van der Waals surface area contributed by atoms with Gasteiger partial charge < -0.3 is 23.8 Å². The predicted octanol–water partition coefficient (Wildman–Crippen LogP) is 12.0. The van der Waals surface area contributed by atoms with Crippen LogP contribution in [-0.4, -0.2) is 80.6 Å². The third-order valence-electron chi connectivity index (χ3n) is 9.38. The molecule has 0 rings (SSSR count). The standard InChI is InChI=1S/C48H81NO7/c1-6-8-10-12-14-16-18-20-21-22-23-24-25-27-29-31-33-35-37-39-47(51)56-44(42-54-41-40-45(48(52)53)49(3,4)5)43-55-46(50)38-36-34-32-30-28-26-19-17-15-13-11-9-7-2/h8,10,14,16,20-21,23-24,27,29,33,35,44-45H,6-7,9,11-13,15,17-19,22,25-26,28,30-32,34,36-43H2,1-5H3/p+1/b10-8-,16-14-,21-20-,24-23-,29-27-,35-33-. The van der Waals surface area contributed by atoms with Crippen LogP contribution < -0.4 is 0 Å². The second-order valence-corrected chi connectivity index (χ2v) is 15.6. The van der Waals surface area contributed by atoms with E-state index in [4.69, 9.17) is 14.2 Å². The number of hydrogen-bond acceptors (Lipinski definition) is 6. The zero-order valence-electron chi connectivity index (χ0n) is 36.3. The summed E-state index contributed by atoms with van der Waals surface area (Å²) < 4.78 is 17.2. The molecule has 2 atom stereocenters. The number of quaternary nitrogens is 1. The predicted molar refractivity (Wildman–Crippen MR) is 233 cm³/mol. The Morgan fingerprint density at radius 2 is 1.00 bits per heavy atom. The highest BCUT2D eigenvalue weighted by Gasteiger charge is 2.31. The lowest BCUT2D eigenvalue weighted by molar-refractivity contribution is -0.887. The van der Waals surface area contributed by atoms with Gasteiger partial charge in [0, 0.05) is 19.3 Å². The molecule has 1 N–H and O–H groups in total. The van der Waals surface area contributed by atoms with Crippen LogP contribution in [0.5, 0.6) is 0 Å². The maximum absolute atomic E-state index is 12.7. The second-order valence-electron chi connectivity index (χ2n) is 15.6. The van der Waals surface area contributed by atoms with E-state index >= 15 is 0 Å². The van der Waals surface area contributed by atoms with Crippen molar-refractivity contribution in [1.29, 1.82) is 0 Å². The van der Waals surface area contributed by atoms with Crippen molar-refractivity contribution in [2.45, 2.75) is 174 Å². The summed E-state index contributed by atoms with van der Waals surface area (Å²) in [6, 6.07) is -0.629. The smallest absolute Gasteiger partial charge is 0.362 e. The minimum Gasteiger partial charge on any atom is -0.477 e. The van der Waals surface area contributed by atoms with Crippen LogP contribution in [0.2, 0.25) is 0 Å². The summed E-state index contributed by atoms with van der Waals surface area (Å²) in [4.78, 5) is 36.9. The number of ether oxygens (including phenoxy) is 3. The van der Waals surface area contributed by atoms with Crippen molar-refractivity contribution in [2.75, 3.05) is 41.0 Å². The molecule has 0 bridgehead atoms. The van der Waals surface area contributed by atoms with Crippen LogP contribution >= 0.6 is 0 Å². The number of carbonyl (C=O) groups is 3. The molecule has 0 radical (unpaired) electrons. The Hall–Kier alpha value is -3.23. The number of esters is 2. The fourth-order valence-corrected chi connectivity index (χ4v) is 6.00. The molecule has 0 fully saturated rings. The molecular weight excluding hydrogens is 703 g/mol. The van der Waals surface area contributed by atoms with Crippen molar-refractivity contribution >= 4 is 17.9 Å². The van der Waals surface area contributed by atoms with Gasteiger partial charge in [-0.3, -0.25) is 9.59 Å². The van der Waals surface area contributed by atoms with Crippen LogP contribution in [0.3, 0.4) is 0 Å². The first kappa shape index (κ1) is 52.8. The van der Waals surface area contributed by atoms with Crippen LogP contribution in [0, 0.1) is 0 Å². The Bertz CT molecular complexity index is 1140. The summed E-state index contributed by atoms with van der Waals surface area (Å²) in [5, 5.41) is 9.61. The summed E-state index contributed by atoms with van der Waals surface area (Å²) in [6.07, 6.45) is 48.1. The van der Waals surface area contributed by atoms with Gasteiger partial charge in [-0.25, -0.2) is 4.79 Å². The Balaban J connectivity index is 4.49. The molecule has 0 saturated heterocycles. The number of likely N-dealkylation sites (N-methyl/N-ethyl adjacent to an activating group) is 1. The van der Waals surface area contributed by atoms with Gasteiger partial charge in [0.1, 0.15) is 6.61 Å². The molecular formula is C48H82NO7+. The normalized spacial score (nSPS) is 13.7. The van der Waals surface area contributed by atoms with Crippen LogP contribution in [0.1, 0.15) is 162 Å². The number of allylic oxidation sites excluding steroid dienone is 12. The van der Waals surface area contributed by atoms with E-state index in [9.17, 15) is 19.5 Å². The molecule has 0 spiro atoms. The lowest BCUT2D eigenvalue weighted by Crippen LogP contribution is -2.50. The van der Waals surface area contributed by atoms with Crippen molar-refractivity contribution in [2.24, 2.45) is 0 Å². The second kappa shape index (κ2) is 38.6. The quantitative estimate of drug-likeness (QED) is 0.0288. The molecule has 0 heterocycles. The first-order chi connectivity index (χ1) is 27.1. The maximum atomic E-state index is 12.7. The molecule has 0 aromatic rings. The molecule has 0 amide bonds. The van der Waals surface area contributed by atoms with Crippen LogP contribution in [0.15, 0.2) is 72.9 Å². The van der Waals surface area contributed by atoms with Crippen LogP contribution in [-0.2, 0) is 28.6 Å². The van der Waals surface area contributed by atoms with E-state index in [1.807, 2.05) is 33.3 Å². The van der Waals surface area contributed by atoms with Gasteiger partial charge in [0.2, 0.25) is 0 Å². The summed E-state index contributed by atoms with van der Waals surface area (Å²) in [7, 11) is 5.49. The Morgan fingerprint density at radius 1 is 0.554 bits per heavy atom. The first-order valence-corrected chi connectivity index (χ1v) is 22.0. The topological polar surface area (TPSA) is 99.1 Å². The highest BCUT2D eigenvalue weighted by Crippen LogP contribution is 2.14. The highest BCUT2D eigenvalue weighted by molar-refractivity contribution is 5.72. The summed E-state index contributed by atoms with van der Waals surface area (Å²) in [6.45, 7) is 4.53. The molecule has 8 heteroatoms. The number of carboxylic acid groups (broad SMARTS) is 1. The van der Waals surface area contributed by atoms with E-state index < -0.39 is 18.1 Å². The number of unbranched alkanes of at least 4 members (excludes halogenated alkanes) is 12. The molecule has 0 aliphatic carbocycles. The van der Waals surface area contributed by atoms with E-state index in [0.717, 1.165) is 57.8 Å². The monoisotopic (exact) mass is 785 g/mol. The Kier molecular flexibility index (Phi) is 36.4. The van der Waals surface area contributed by atoms with Gasteiger partial charge in [-0.15, -0.1) is 0 Å². The molecule has 0 aliphatic heterocycles. The molecule has 0 aromatic carbocycles. The molecule has 320 valence electrons. The van der Waals surface area contributed by atoms with Crippen molar-refractivity contribution in [3.63, 3.8) is 0 Å². The average molecular weight is 785 g/mol. The van der Waals surface area contributed by atoms with Crippen LogP contribution in [0.4, 0.5) is 0 Å². The third kappa shape index (κ3) is 36.4. The minimum atomic E-state index is -0.888. The molecule has 0 saturated carbocycles. The van der Waals surface area contributed by atoms with E-state index in [1.165, 1.54) is 64.2 Å². The van der Waals surface area contributed by atoms with E-state index in [2.05, 4.69) is 74.6 Å². The maximum Gasteiger partial charge on any atom is 0.362 e. The Labute approximate surface area is 342 Å². The van der Waals surface area contributed by atoms with Crippen molar-refractivity contribution in [3.05, 3.63) is 72.9 Å². The highest BCUT2D eigenvalue weighted by atomic mass is 16.6. The fraction of sp³-hybridized carbons (Fsp3) is 0.688. The summed E-state index contributed by atoms with van der Waals surface area (Å²) >= 11 is 0. The van der Waals surface area contributed by atoms with Crippen LogP contribution in [0.25, 0.3) is 0 Å². The third-order valence-corrected chi connectivity index (χ3v) is 9.38. The minimum absolute atomic E-state index is 0.0289. The van der Waals surface area contributed by atoms with Gasteiger partial charge in [0.15, 0.2) is 12.1 Å². The van der Waals surface area contributed by atoms with E-state index in [0.29, 0.717) is 19.3 Å². The first-order valence-electron chi connectivity index (χ1n) is 22.0. The largest absolute Gasteiger partial charge is 0.477 e.